The fourth-order valence-electron chi connectivity index (χ4n) is 3.41. The summed E-state index contributed by atoms with van der Waals surface area (Å²) in [6.07, 6.45) is -2.60. The Morgan fingerprint density at radius 2 is 1.70 bits per heavy atom. The molecule has 0 spiro atoms. The van der Waals surface area contributed by atoms with E-state index in [2.05, 4.69) is 10.1 Å². The van der Waals surface area contributed by atoms with Gasteiger partial charge in [0.1, 0.15) is 17.1 Å². The van der Waals surface area contributed by atoms with Crippen LogP contribution in [0.1, 0.15) is 27.2 Å². The number of methoxy groups -OCH3 is 1. The second-order valence-corrected chi connectivity index (χ2v) is 8.47. The first-order valence-electron chi connectivity index (χ1n) is 10.4. The number of hydrogen-bond acceptors (Lipinski definition) is 4. The van der Waals surface area contributed by atoms with Crippen LogP contribution in [-0.4, -0.2) is 36.3 Å². The van der Waals surface area contributed by atoms with Crippen molar-refractivity contribution in [3.63, 3.8) is 0 Å². The van der Waals surface area contributed by atoms with Crippen molar-refractivity contribution in [1.29, 1.82) is 0 Å². The van der Waals surface area contributed by atoms with Crippen LogP contribution in [0.15, 0.2) is 48.7 Å². The van der Waals surface area contributed by atoms with E-state index < -0.39 is 18.1 Å². The predicted molar refractivity (Wildman–Crippen MR) is 119 cm³/mol. The molecule has 33 heavy (non-hydrogen) atoms. The number of aryl methyl sites for hydroxylation is 1. The van der Waals surface area contributed by atoms with Crippen LogP contribution in [0.25, 0.3) is 22.0 Å². The van der Waals surface area contributed by atoms with E-state index in [0.717, 1.165) is 22.0 Å². The maximum atomic E-state index is 12.5. The molecule has 0 saturated carbocycles. The minimum atomic E-state index is -4.74. The number of alkyl halides is 3. The molecule has 9 heteroatoms. The van der Waals surface area contributed by atoms with Crippen LogP contribution in [-0.2, 0) is 11.3 Å². The van der Waals surface area contributed by atoms with Crippen LogP contribution in [0, 0.1) is 0 Å². The lowest BCUT2D eigenvalue weighted by Crippen LogP contribution is -2.33. The van der Waals surface area contributed by atoms with E-state index in [1.165, 1.54) is 12.1 Å². The van der Waals surface area contributed by atoms with Crippen molar-refractivity contribution in [2.45, 2.75) is 45.7 Å². The molecular weight excluding hydrogens is 437 g/mol. The average Bonchev–Trinajstić information content (AvgIpc) is 3.07. The molecule has 1 heterocycles. The highest BCUT2D eigenvalue weighted by atomic mass is 19.4. The molecule has 3 rings (SSSR count). The van der Waals surface area contributed by atoms with Crippen molar-refractivity contribution in [3.05, 3.63) is 48.7 Å². The molecule has 0 aliphatic rings. The molecule has 0 atom stereocenters. The number of carbonyl (C=O) groups is 1. The standard InChI is InChI=1S/C24H27F3N2O4/c1-23(2,3)33-22(30)28-12-5-13-29-15-20(19-14-18(31-4)10-11-21(19)29)16-6-8-17(9-7-16)32-24(25,26)27/h6-11,14-15H,5,12-13H2,1-4H3,(H,28,30). The number of benzene rings is 2. The van der Waals surface area contributed by atoms with E-state index in [0.29, 0.717) is 25.3 Å². The summed E-state index contributed by atoms with van der Waals surface area (Å²) in [6.45, 7) is 6.46. The number of nitrogens with one attached hydrogen (secondary N) is 1. The van der Waals surface area contributed by atoms with Crippen molar-refractivity contribution < 1.29 is 32.2 Å². The third kappa shape index (κ3) is 6.81. The normalized spacial score (nSPS) is 12.0. The van der Waals surface area contributed by atoms with Gasteiger partial charge in [-0.15, -0.1) is 13.2 Å². The predicted octanol–water partition coefficient (Wildman–Crippen LogP) is 6.13. The number of fused-ring (bicyclic) bond motifs is 1. The lowest BCUT2D eigenvalue weighted by Gasteiger charge is -2.19. The van der Waals surface area contributed by atoms with Gasteiger partial charge in [-0.05, 0) is 63.1 Å². The number of rotatable bonds is 7. The van der Waals surface area contributed by atoms with Crippen LogP contribution in [0.5, 0.6) is 11.5 Å². The average molecular weight is 464 g/mol. The smallest absolute Gasteiger partial charge is 0.497 e. The van der Waals surface area contributed by atoms with Gasteiger partial charge in [-0.2, -0.15) is 0 Å². The minimum Gasteiger partial charge on any atom is -0.497 e. The number of carbonyl (C=O) groups excluding carboxylic acids is 1. The zero-order chi connectivity index (χ0) is 24.2. The molecule has 1 N–H and O–H groups in total. The molecule has 0 bridgehead atoms. The summed E-state index contributed by atoms with van der Waals surface area (Å²) < 4.78 is 54.0. The highest BCUT2D eigenvalue weighted by Gasteiger charge is 2.31. The quantitative estimate of drug-likeness (QED) is 0.427. The van der Waals surface area contributed by atoms with E-state index in [9.17, 15) is 18.0 Å². The van der Waals surface area contributed by atoms with E-state index in [1.54, 1.807) is 40.0 Å². The Kier molecular flexibility index (Phi) is 7.09. The van der Waals surface area contributed by atoms with Gasteiger partial charge in [0.15, 0.2) is 0 Å². The van der Waals surface area contributed by atoms with Gasteiger partial charge >= 0.3 is 12.5 Å². The Bertz CT molecular complexity index is 1100. The first-order chi connectivity index (χ1) is 15.4. The molecule has 0 unspecified atom stereocenters. The molecule has 1 amide bonds. The van der Waals surface area contributed by atoms with Crippen molar-refractivity contribution in [2.24, 2.45) is 0 Å². The topological polar surface area (TPSA) is 61.7 Å². The van der Waals surface area contributed by atoms with E-state index in [4.69, 9.17) is 9.47 Å². The SMILES string of the molecule is COc1ccc2c(c1)c(-c1ccc(OC(F)(F)F)cc1)cn2CCCNC(=O)OC(C)(C)C. The Labute approximate surface area is 190 Å². The molecule has 0 aliphatic heterocycles. The number of nitrogens with zero attached hydrogens (tertiary/aromatic N) is 1. The molecule has 2 aromatic carbocycles. The zero-order valence-corrected chi connectivity index (χ0v) is 19.0. The molecular formula is C24H27F3N2O4. The van der Waals surface area contributed by atoms with E-state index in [1.807, 2.05) is 29.0 Å². The second kappa shape index (κ2) is 9.64. The van der Waals surface area contributed by atoms with Crippen molar-refractivity contribution in [2.75, 3.05) is 13.7 Å². The molecule has 3 aromatic rings. The maximum Gasteiger partial charge on any atom is 0.573 e. The first-order valence-corrected chi connectivity index (χ1v) is 10.4. The van der Waals surface area contributed by atoms with Crippen LogP contribution in [0.3, 0.4) is 0 Å². The van der Waals surface area contributed by atoms with E-state index >= 15 is 0 Å². The van der Waals surface area contributed by atoms with Gasteiger partial charge in [-0.1, -0.05) is 12.1 Å². The maximum absolute atomic E-state index is 12.5. The van der Waals surface area contributed by atoms with Crippen LogP contribution in [0.4, 0.5) is 18.0 Å². The zero-order valence-electron chi connectivity index (χ0n) is 19.0. The lowest BCUT2D eigenvalue weighted by molar-refractivity contribution is -0.274. The largest absolute Gasteiger partial charge is 0.573 e. The molecule has 0 saturated heterocycles. The number of alkyl carbamates (subject to hydrolysis) is 1. The number of hydrogen-bond donors (Lipinski definition) is 1. The first kappa shape index (κ1) is 24.3. The van der Waals surface area contributed by atoms with Crippen molar-refractivity contribution >= 4 is 17.0 Å². The molecule has 1 aromatic heterocycles. The fourth-order valence-corrected chi connectivity index (χ4v) is 3.41. The fraction of sp³-hybridized carbons (Fsp3) is 0.375. The Hall–Kier alpha value is -3.36. The third-order valence-corrected chi connectivity index (χ3v) is 4.73. The summed E-state index contributed by atoms with van der Waals surface area (Å²) in [6, 6.07) is 11.4. The van der Waals surface area contributed by atoms with E-state index in [-0.39, 0.29) is 5.75 Å². The number of halogens is 3. The number of amides is 1. The number of aromatic nitrogens is 1. The van der Waals surface area contributed by atoms with Gasteiger partial charge in [0, 0.05) is 35.8 Å². The van der Waals surface area contributed by atoms with Crippen molar-refractivity contribution in [3.8, 4) is 22.6 Å². The van der Waals surface area contributed by atoms with Gasteiger partial charge in [0.2, 0.25) is 0 Å². The monoisotopic (exact) mass is 464 g/mol. The third-order valence-electron chi connectivity index (χ3n) is 4.73. The summed E-state index contributed by atoms with van der Waals surface area (Å²) in [4.78, 5) is 11.8. The van der Waals surface area contributed by atoms with Gasteiger partial charge in [-0.3, -0.25) is 0 Å². The summed E-state index contributed by atoms with van der Waals surface area (Å²) in [5.74, 6) is 0.394. The highest BCUT2D eigenvalue weighted by Crippen LogP contribution is 2.34. The molecule has 0 fully saturated rings. The Morgan fingerprint density at radius 1 is 1.03 bits per heavy atom. The minimum absolute atomic E-state index is 0.277. The Balaban J connectivity index is 1.79. The van der Waals surface area contributed by atoms with Crippen LogP contribution < -0.4 is 14.8 Å². The van der Waals surface area contributed by atoms with Gasteiger partial charge in [0.25, 0.3) is 0 Å². The molecule has 6 nitrogen and oxygen atoms in total. The summed E-state index contributed by atoms with van der Waals surface area (Å²) in [5, 5.41) is 3.64. The second-order valence-electron chi connectivity index (χ2n) is 8.47. The van der Waals surface area contributed by atoms with Gasteiger partial charge < -0.3 is 24.1 Å². The molecule has 0 aliphatic carbocycles. The van der Waals surface area contributed by atoms with Crippen LogP contribution in [0.2, 0.25) is 0 Å². The lowest BCUT2D eigenvalue weighted by atomic mass is 10.0. The van der Waals surface area contributed by atoms with Crippen molar-refractivity contribution in [1.82, 2.24) is 9.88 Å². The Morgan fingerprint density at radius 3 is 2.30 bits per heavy atom. The van der Waals surface area contributed by atoms with Gasteiger partial charge in [-0.25, -0.2) is 4.79 Å². The van der Waals surface area contributed by atoms with Crippen LogP contribution >= 0.6 is 0 Å². The van der Waals surface area contributed by atoms with Gasteiger partial charge in [0.05, 0.1) is 7.11 Å². The highest BCUT2D eigenvalue weighted by molar-refractivity contribution is 5.97. The molecule has 178 valence electrons. The summed E-state index contributed by atoms with van der Waals surface area (Å²) in [5.41, 5.74) is 1.98. The summed E-state index contributed by atoms with van der Waals surface area (Å²) in [7, 11) is 1.57. The molecule has 0 radical (unpaired) electrons. The number of ether oxygens (including phenoxy) is 3. The summed E-state index contributed by atoms with van der Waals surface area (Å²) >= 11 is 0.